The van der Waals surface area contributed by atoms with Crippen molar-refractivity contribution in [3.63, 3.8) is 0 Å². The number of hydrogen-bond acceptors (Lipinski definition) is 3. The third-order valence-electron chi connectivity index (χ3n) is 9.35. The zero-order chi connectivity index (χ0) is 32.8. The number of hydrogen-bond donors (Lipinski definition) is 1. The van der Waals surface area contributed by atoms with E-state index in [1.54, 1.807) is 0 Å². The van der Waals surface area contributed by atoms with Crippen LogP contribution in [0.3, 0.4) is 0 Å². The molecule has 0 aliphatic rings. The Labute approximate surface area is 282 Å². The lowest BCUT2D eigenvalue weighted by Gasteiger charge is -2.30. The van der Waals surface area contributed by atoms with Crippen LogP contribution in [-0.4, -0.2) is 0 Å². The maximum atomic E-state index is 6.17. The van der Waals surface area contributed by atoms with E-state index >= 15 is 0 Å². The standard InChI is InChI=1S/C45H37N3/c1-30-12-20-34(21-13-30)47(35-22-14-31(2)15-23-35)44-28-42-39-9-5-7-11-41(39)45(29-43(42)38-8-4-6-10-40(38)44)48(36-24-16-32(3)17-25-36)37-26-18-33(46)19-27-37/h4-29H,46H2,1-3H3. The van der Waals surface area contributed by atoms with E-state index in [2.05, 4.69) is 176 Å². The molecule has 8 aromatic rings. The molecule has 0 bridgehead atoms. The summed E-state index contributed by atoms with van der Waals surface area (Å²) in [5, 5.41) is 7.22. The van der Waals surface area contributed by atoms with E-state index < -0.39 is 0 Å². The highest BCUT2D eigenvalue weighted by atomic mass is 15.1. The van der Waals surface area contributed by atoms with E-state index in [1.165, 1.54) is 49.0 Å². The van der Waals surface area contributed by atoms with Gasteiger partial charge in [0.1, 0.15) is 0 Å². The molecule has 0 spiro atoms. The molecule has 0 atom stereocenters. The van der Waals surface area contributed by atoms with Crippen LogP contribution in [0.5, 0.6) is 0 Å². The summed E-state index contributed by atoms with van der Waals surface area (Å²) in [6, 6.07) is 57.0. The largest absolute Gasteiger partial charge is 0.399 e. The Hall–Kier alpha value is -6.06. The number of anilines is 7. The lowest BCUT2D eigenvalue weighted by molar-refractivity contribution is 1.28. The van der Waals surface area contributed by atoms with Gasteiger partial charge in [-0.15, -0.1) is 0 Å². The smallest absolute Gasteiger partial charge is 0.0546 e. The first kappa shape index (κ1) is 29.3. The highest BCUT2D eigenvalue weighted by molar-refractivity contribution is 6.24. The molecule has 0 aromatic heterocycles. The van der Waals surface area contributed by atoms with Gasteiger partial charge in [-0.25, -0.2) is 0 Å². The molecule has 0 unspecified atom stereocenters. The molecule has 0 radical (unpaired) electrons. The van der Waals surface area contributed by atoms with Crippen LogP contribution in [-0.2, 0) is 0 Å². The van der Waals surface area contributed by atoms with Gasteiger partial charge in [-0.3, -0.25) is 0 Å². The van der Waals surface area contributed by atoms with Crippen molar-refractivity contribution in [3.8, 4) is 0 Å². The Balaban J connectivity index is 1.46. The first-order valence-electron chi connectivity index (χ1n) is 16.5. The minimum atomic E-state index is 0.746. The van der Waals surface area contributed by atoms with Crippen molar-refractivity contribution in [1.29, 1.82) is 0 Å². The first-order valence-corrected chi connectivity index (χ1v) is 16.5. The molecular weight excluding hydrogens is 583 g/mol. The molecule has 8 aromatic carbocycles. The average Bonchev–Trinajstić information content (AvgIpc) is 3.12. The van der Waals surface area contributed by atoms with Gasteiger partial charge in [0.25, 0.3) is 0 Å². The number of rotatable bonds is 6. The fourth-order valence-electron chi connectivity index (χ4n) is 6.84. The second-order valence-electron chi connectivity index (χ2n) is 12.7. The van der Waals surface area contributed by atoms with E-state index in [-0.39, 0.29) is 0 Å². The summed E-state index contributed by atoms with van der Waals surface area (Å²) >= 11 is 0. The molecule has 8 rings (SSSR count). The van der Waals surface area contributed by atoms with E-state index in [4.69, 9.17) is 5.73 Å². The summed E-state index contributed by atoms with van der Waals surface area (Å²) in [6.45, 7) is 6.40. The molecule has 0 aliphatic heterocycles. The highest BCUT2D eigenvalue weighted by Crippen LogP contribution is 2.47. The van der Waals surface area contributed by atoms with Crippen molar-refractivity contribution in [2.45, 2.75) is 20.8 Å². The number of nitrogens with two attached hydrogens (primary N) is 1. The van der Waals surface area contributed by atoms with Gasteiger partial charge >= 0.3 is 0 Å². The minimum absolute atomic E-state index is 0.746. The summed E-state index contributed by atoms with van der Waals surface area (Å²) in [4.78, 5) is 4.75. The van der Waals surface area contributed by atoms with Gasteiger partial charge in [-0.1, -0.05) is 102 Å². The van der Waals surface area contributed by atoms with Crippen molar-refractivity contribution < 1.29 is 0 Å². The zero-order valence-electron chi connectivity index (χ0n) is 27.5. The van der Waals surface area contributed by atoms with E-state index in [1.807, 2.05) is 12.1 Å². The van der Waals surface area contributed by atoms with Crippen LogP contribution in [0.4, 0.5) is 39.8 Å². The molecule has 0 saturated heterocycles. The fraction of sp³-hybridized carbons (Fsp3) is 0.0667. The van der Waals surface area contributed by atoms with Crippen LogP contribution in [0.25, 0.3) is 32.3 Å². The van der Waals surface area contributed by atoms with Crippen LogP contribution in [0.1, 0.15) is 16.7 Å². The van der Waals surface area contributed by atoms with Crippen molar-refractivity contribution in [2.75, 3.05) is 15.5 Å². The molecule has 0 fully saturated rings. The molecule has 3 heteroatoms. The SMILES string of the molecule is Cc1ccc(N(c2ccc(C)cc2)c2cc3c4ccccc4c(N(c4ccc(C)cc4)c4ccc(N)cc4)cc3c3ccccc23)cc1. The summed E-state index contributed by atoms with van der Waals surface area (Å²) in [7, 11) is 0. The first-order chi connectivity index (χ1) is 23.4. The summed E-state index contributed by atoms with van der Waals surface area (Å²) < 4.78 is 0. The van der Waals surface area contributed by atoms with E-state index in [0.717, 1.165) is 39.8 Å². The Morgan fingerprint density at radius 3 is 0.958 bits per heavy atom. The predicted molar refractivity (Wildman–Crippen MR) is 207 cm³/mol. The Morgan fingerprint density at radius 2 is 0.625 bits per heavy atom. The molecule has 48 heavy (non-hydrogen) atoms. The molecule has 0 amide bonds. The monoisotopic (exact) mass is 619 g/mol. The third kappa shape index (κ3) is 5.20. The molecule has 0 heterocycles. The zero-order valence-corrected chi connectivity index (χ0v) is 27.5. The second-order valence-corrected chi connectivity index (χ2v) is 12.7. The average molecular weight is 620 g/mol. The Morgan fingerprint density at radius 1 is 0.333 bits per heavy atom. The number of nitrogens with zero attached hydrogens (tertiary/aromatic N) is 2. The van der Waals surface area contributed by atoms with Crippen LogP contribution >= 0.6 is 0 Å². The van der Waals surface area contributed by atoms with Crippen LogP contribution in [0.15, 0.2) is 158 Å². The molecule has 0 aliphatic carbocycles. The Kier molecular flexibility index (Phi) is 7.30. The van der Waals surface area contributed by atoms with E-state index in [0.29, 0.717) is 0 Å². The number of aryl methyl sites for hydroxylation is 3. The second kappa shape index (κ2) is 11.9. The van der Waals surface area contributed by atoms with Crippen LogP contribution < -0.4 is 15.5 Å². The number of benzene rings is 8. The predicted octanol–water partition coefficient (Wildman–Crippen LogP) is 12.6. The lowest BCUT2D eigenvalue weighted by atomic mass is 9.93. The third-order valence-corrected chi connectivity index (χ3v) is 9.35. The normalized spacial score (nSPS) is 11.3. The van der Waals surface area contributed by atoms with Crippen LogP contribution in [0.2, 0.25) is 0 Å². The van der Waals surface area contributed by atoms with Crippen molar-refractivity contribution in [2.24, 2.45) is 0 Å². The van der Waals surface area contributed by atoms with Crippen molar-refractivity contribution in [3.05, 3.63) is 174 Å². The number of nitrogen functional groups attached to an aromatic ring is 1. The van der Waals surface area contributed by atoms with Gasteiger partial charge in [-0.2, -0.15) is 0 Å². The number of fused-ring (bicyclic) bond motifs is 5. The van der Waals surface area contributed by atoms with Gasteiger partial charge in [0.2, 0.25) is 0 Å². The molecule has 0 saturated carbocycles. The lowest BCUT2D eigenvalue weighted by Crippen LogP contribution is -2.12. The fourth-order valence-corrected chi connectivity index (χ4v) is 6.84. The van der Waals surface area contributed by atoms with Gasteiger partial charge in [-0.05, 0) is 115 Å². The van der Waals surface area contributed by atoms with Gasteiger partial charge in [0.15, 0.2) is 0 Å². The van der Waals surface area contributed by atoms with Crippen molar-refractivity contribution in [1.82, 2.24) is 0 Å². The summed E-state index contributed by atoms with van der Waals surface area (Å²) in [6.07, 6.45) is 0. The minimum Gasteiger partial charge on any atom is -0.399 e. The maximum Gasteiger partial charge on any atom is 0.0546 e. The molecule has 2 N–H and O–H groups in total. The van der Waals surface area contributed by atoms with E-state index in [9.17, 15) is 0 Å². The van der Waals surface area contributed by atoms with Gasteiger partial charge in [0.05, 0.1) is 11.4 Å². The summed E-state index contributed by atoms with van der Waals surface area (Å²) in [5.41, 5.74) is 17.3. The highest BCUT2D eigenvalue weighted by Gasteiger charge is 2.22. The van der Waals surface area contributed by atoms with Gasteiger partial charge < -0.3 is 15.5 Å². The maximum absolute atomic E-state index is 6.17. The van der Waals surface area contributed by atoms with Crippen molar-refractivity contribution >= 4 is 72.1 Å². The summed E-state index contributed by atoms with van der Waals surface area (Å²) in [5.74, 6) is 0. The molecular formula is C45H37N3. The molecule has 232 valence electrons. The van der Waals surface area contributed by atoms with Crippen LogP contribution in [0, 0.1) is 20.8 Å². The van der Waals surface area contributed by atoms with Gasteiger partial charge in [0, 0.05) is 39.2 Å². The quantitative estimate of drug-likeness (QED) is 0.148. The Bertz CT molecular complexity index is 2140. The topological polar surface area (TPSA) is 32.5 Å². The molecule has 3 nitrogen and oxygen atoms in total.